The monoisotopic (exact) mass is 448 g/mol. The summed E-state index contributed by atoms with van der Waals surface area (Å²) in [5.74, 6) is 0.0543. The van der Waals surface area contributed by atoms with Crippen LogP contribution < -0.4 is 5.32 Å². The summed E-state index contributed by atoms with van der Waals surface area (Å²) < 4.78 is 16.7. The minimum atomic E-state index is -0.327. The van der Waals surface area contributed by atoms with Crippen LogP contribution in [0.1, 0.15) is 24.8 Å². The van der Waals surface area contributed by atoms with Crippen LogP contribution in [0.25, 0.3) is 39.4 Å². The van der Waals surface area contributed by atoms with E-state index in [2.05, 4.69) is 58.2 Å². The first-order valence-corrected chi connectivity index (χ1v) is 11.7. The summed E-state index contributed by atoms with van der Waals surface area (Å²) in [6, 6.07) is 26.0. The van der Waals surface area contributed by atoms with Gasteiger partial charge in [0.15, 0.2) is 5.82 Å². The van der Waals surface area contributed by atoms with Crippen molar-refractivity contribution in [2.24, 2.45) is 0 Å². The number of anilines is 1. The third kappa shape index (κ3) is 3.54. The Hall–Kier alpha value is -3.99. The second-order valence-corrected chi connectivity index (χ2v) is 8.90. The summed E-state index contributed by atoms with van der Waals surface area (Å²) in [7, 11) is 0. The lowest BCUT2D eigenvalue weighted by Gasteiger charge is -2.27. The summed E-state index contributed by atoms with van der Waals surface area (Å²) in [4.78, 5) is 9.41. The van der Waals surface area contributed by atoms with Gasteiger partial charge in [0, 0.05) is 29.0 Å². The first-order chi connectivity index (χ1) is 16.7. The minimum absolute atomic E-state index is 0.327. The van der Waals surface area contributed by atoms with Gasteiger partial charge in [0.1, 0.15) is 11.5 Å². The Morgan fingerprint density at radius 3 is 2.35 bits per heavy atom. The fraction of sp³-hybridized carbons (Fsp3) is 0.172. The minimum Gasteiger partial charge on any atom is -0.382 e. The highest BCUT2D eigenvalue weighted by molar-refractivity contribution is 5.91. The van der Waals surface area contributed by atoms with Crippen LogP contribution in [-0.2, 0) is 0 Å². The third-order valence-corrected chi connectivity index (χ3v) is 6.73. The normalized spacial score (nSPS) is 13.7. The Kier molecular flexibility index (Phi) is 5.10. The van der Waals surface area contributed by atoms with Crippen LogP contribution >= 0.6 is 0 Å². The molecular weight excluding hydrogens is 423 g/mol. The van der Waals surface area contributed by atoms with Crippen LogP contribution in [0.5, 0.6) is 0 Å². The molecule has 0 aliphatic heterocycles. The summed E-state index contributed by atoms with van der Waals surface area (Å²) in [6.07, 6.45) is 5.58. The smallest absolute Gasteiger partial charge is 0.164 e. The molecule has 1 aliphatic rings. The molecule has 4 nitrogen and oxygen atoms in total. The number of aryl methyl sites for hydroxylation is 1. The SMILES string of the molecule is Cc1c(-c2ccccc2)n(-c2ccc(NC3CCC3)cc2)c2nc(-c3ccccc3F)ncc12. The van der Waals surface area contributed by atoms with E-state index in [4.69, 9.17) is 4.98 Å². The van der Waals surface area contributed by atoms with Gasteiger partial charge in [-0.1, -0.05) is 42.5 Å². The highest BCUT2D eigenvalue weighted by Gasteiger charge is 2.21. The Morgan fingerprint density at radius 2 is 1.65 bits per heavy atom. The van der Waals surface area contributed by atoms with E-state index in [1.165, 1.54) is 25.3 Å². The van der Waals surface area contributed by atoms with Crippen molar-refractivity contribution in [1.82, 2.24) is 14.5 Å². The quantitative estimate of drug-likeness (QED) is 0.310. The molecular formula is C29H25FN4. The zero-order chi connectivity index (χ0) is 23.1. The summed E-state index contributed by atoms with van der Waals surface area (Å²) >= 11 is 0. The van der Waals surface area contributed by atoms with Crippen molar-refractivity contribution in [3.05, 3.63) is 96.4 Å². The van der Waals surface area contributed by atoms with Gasteiger partial charge in [0.25, 0.3) is 0 Å². The molecule has 3 aromatic carbocycles. The Morgan fingerprint density at radius 1 is 0.912 bits per heavy atom. The average Bonchev–Trinajstić information content (AvgIpc) is 3.14. The molecule has 0 unspecified atom stereocenters. The highest BCUT2D eigenvalue weighted by atomic mass is 19.1. The van der Waals surface area contributed by atoms with E-state index in [1.807, 2.05) is 24.4 Å². The molecule has 168 valence electrons. The number of aromatic nitrogens is 3. The maximum absolute atomic E-state index is 14.5. The van der Waals surface area contributed by atoms with E-state index in [0.717, 1.165) is 39.2 Å². The molecule has 1 aliphatic carbocycles. The first kappa shape index (κ1) is 20.6. The Labute approximate surface area is 198 Å². The van der Waals surface area contributed by atoms with Gasteiger partial charge in [-0.05, 0) is 73.7 Å². The predicted molar refractivity (Wildman–Crippen MR) is 136 cm³/mol. The molecule has 0 bridgehead atoms. The lowest BCUT2D eigenvalue weighted by molar-refractivity contribution is 0.445. The molecule has 0 atom stereocenters. The van der Waals surface area contributed by atoms with Gasteiger partial charge in [-0.3, -0.25) is 4.57 Å². The van der Waals surface area contributed by atoms with Gasteiger partial charge in [-0.2, -0.15) is 0 Å². The standard InChI is InChI=1S/C29H25FN4/c1-19-25-18-31-28(24-12-5-6-13-26(24)30)33-29(25)34(27(19)20-8-3-2-4-9-20)23-16-14-22(15-17-23)32-21-10-7-11-21/h2-6,8-9,12-18,21,32H,7,10-11H2,1H3. The van der Waals surface area contributed by atoms with Crippen molar-refractivity contribution in [3.8, 4) is 28.3 Å². The van der Waals surface area contributed by atoms with Gasteiger partial charge < -0.3 is 5.32 Å². The van der Waals surface area contributed by atoms with Crippen LogP contribution in [0.4, 0.5) is 10.1 Å². The summed E-state index contributed by atoms with van der Waals surface area (Å²) in [6.45, 7) is 2.10. The van der Waals surface area contributed by atoms with Gasteiger partial charge >= 0.3 is 0 Å². The molecule has 6 rings (SSSR count). The number of hydrogen-bond acceptors (Lipinski definition) is 3. The average molecular weight is 449 g/mol. The molecule has 1 N–H and O–H groups in total. The molecule has 0 radical (unpaired) electrons. The van der Waals surface area contributed by atoms with Gasteiger partial charge in [-0.15, -0.1) is 0 Å². The number of nitrogens with one attached hydrogen (secondary N) is 1. The fourth-order valence-electron chi connectivity index (χ4n) is 4.67. The van der Waals surface area contributed by atoms with Crippen molar-refractivity contribution < 1.29 is 4.39 Å². The maximum Gasteiger partial charge on any atom is 0.164 e. The molecule has 34 heavy (non-hydrogen) atoms. The molecule has 1 saturated carbocycles. The Balaban J connectivity index is 1.55. The number of halogens is 1. The van der Waals surface area contributed by atoms with Gasteiger partial charge in [-0.25, -0.2) is 14.4 Å². The van der Waals surface area contributed by atoms with Gasteiger partial charge in [0.2, 0.25) is 0 Å². The molecule has 2 aromatic heterocycles. The van der Waals surface area contributed by atoms with Crippen molar-refractivity contribution in [1.29, 1.82) is 0 Å². The van der Waals surface area contributed by atoms with E-state index < -0.39 is 0 Å². The van der Waals surface area contributed by atoms with Crippen LogP contribution in [-0.4, -0.2) is 20.6 Å². The Bertz CT molecular complexity index is 1470. The summed E-state index contributed by atoms with van der Waals surface area (Å²) in [5.41, 5.74) is 6.56. The van der Waals surface area contributed by atoms with E-state index in [1.54, 1.807) is 18.2 Å². The van der Waals surface area contributed by atoms with Gasteiger partial charge in [0.05, 0.1) is 11.3 Å². The van der Waals surface area contributed by atoms with Crippen molar-refractivity contribution in [2.75, 3.05) is 5.32 Å². The predicted octanol–water partition coefficient (Wildman–Crippen LogP) is 7.17. The topological polar surface area (TPSA) is 42.7 Å². The zero-order valence-corrected chi connectivity index (χ0v) is 19.0. The van der Waals surface area contributed by atoms with E-state index in [9.17, 15) is 4.39 Å². The maximum atomic E-state index is 14.5. The zero-order valence-electron chi connectivity index (χ0n) is 19.0. The van der Waals surface area contributed by atoms with Crippen molar-refractivity contribution >= 4 is 16.7 Å². The first-order valence-electron chi connectivity index (χ1n) is 11.7. The largest absolute Gasteiger partial charge is 0.382 e. The lowest BCUT2D eigenvalue weighted by atomic mass is 9.93. The molecule has 5 heteroatoms. The lowest BCUT2D eigenvalue weighted by Crippen LogP contribution is -2.26. The van der Waals surface area contributed by atoms with Crippen molar-refractivity contribution in [3.63, 3.8) is 0 Å². The molecule has 5 aromatic rings. The van der Waals surface area contributed by atoms with E-state index >= 15 is 0 Å². The number of benzene rings is 3. The molecule has 2 heterocycles. The molecule has 0 spiro atoms. The van der Waals surface area contributed by atoms with Crippen LogP contribution in [0.3, 0.4) is 0 Å². The second-order valence-electron chi connectivity index (χ2n) is 8.90. The number of nitrogens with zero attached hydrogens (tertiary/aromatic N) is 3. The molecule has 0 amide bonds. The number of fused-ring (bicyclic) bond motifs is 1. The van der Waals surface area contributed by atoms with E-state index in [-0.39, 0.29) is 5.82 Å². The third-order valence-electron chi connectivity index (χ3n) is 6.73. The van der Waals surface area contributed by atoms with Crippen molar-refractivity contribution in [2.45, 2.75) is 32.2 Å². The second kappa shape index (κ2) is 8.41. The molecule has 1 fully saturated rings. The van der Waals surface area contributed by atoms with Crippen LogP contribution in [0.15, 0.2) is 85.1 Å². The fourth-order valence-corrected chi connectivity index (χ4v) is 4.67. The van der Waals surface area contributed by atoms with E-state index in [0.29, 0.717) is 17.4 Å². The van der Waals surface area contributed by atoms with Crippen LogP contribution in [0, 0.1) is 12.7 Å². The number of hydrogen-bond donors (Lipinski definition) is 1. The number of rotatable bonds is 5. The van der Waals surface area contributed by atoms with Crippen LogP contribution in [0.2, 0.25) is 0 Å². The molecule has 0 saturated heterocycles. The highest BCUT2D eigenvalue weighted by Crippen LogP contribution is 2.36. The summed E-state index contributed by atoms with van der Waals surface area (Å²) in [5, 5.41) is 4.56.